The van der Waals surface area contributed by atoms with Gasteiger partial charge in [0, 0.05) is 25.3 Å². The Labute approximate surface area is 123 Å². The molecular formula is C13H20N4O2S. The molecule has 6 nitrogen and oxygen atoms in total. The van der Waals surface area contributed by atoms with E-state index in [1.54, 1.807) is 0 Å². The van der Waals surface area contributed by atoms with Crippen molar-refractivity contribution in [2.75, 3.05) is 37.7 Å². The number of hydrazine groups is 1. The highest BCUT2D eigenvalue weighted by atomic mass is 32.1. The van der Waals surface area contributed by atoms with Gasteiger partial charge in [-0.1, -0.05) is 12.1 Å². The van der Waals surface area contributed by atoms with E-state index in [0.717, 1.165) is 37.6 Å². The monoisotopic (exact) mass is 296 g/mol. The fourth-order valence-electron chi connectivity index (χ4n) is 2.09. The summed E-state index contributed by atoms with van der Waals surface area (Å²) in [4.78, 5) is 2.27. The molecule has 5 N–H and O–H groups in total. The van der Waals surface area contributed by atoms with Crippen molar-refractivity contribution in [3.05, 3.63) is 29.8 Å². The van der Waals surface area contributed by atoms with Crippen LogP contribution in [-0.2, 0) is 4.74 Å². The number of hydrogen-bond donors (Lipinski definition) is 4. The van der Waals surface area contributed by atoms with Crippen molar-refractivity contribution >= 4 is 23.0 Å². The van der Waals surface area contributed by atoms with Crippen LogP contribution in [0.15, 0.2) is 24.3 Å². The summed E-state index contributed by atoms with van der Waals surface area (Å²) in [6.07, 6.45) is -0.625. The zero-order chi connectivity index (χ0) is 14.4. The van der Waals surface area contributed by atoms with Crippen molar-refractivity contribution in [1.29, 1.82) is 0 Å². The molecule has 1 aliphatic heterocycles. The van der Waals surface area contributed by atoms with Gasteiger partial charge in [-0.05, 0) is 29.9 Å². The van der Waals surface area contributed by atoms with Crippen LogP contribution in [0.25, 0.3) is 0 Å². The van der Waals surface area contributed by atoms with Crippen LogP contribution in [0, 0.1) is 0 Å². The molecule has 1 heterocycles. The molecule has 0 saturated carbocycles. The molecule has 1 unspecified atom stereocenters. The Balaban J connectivity index is 1.91. The number of aliphatic hydroxyl groups is 1. The minimum absolute atomic E-state index is 0.314. The molecular weight excluding hydrogens is 276 g/mol. The highest BCUT2D eigenvalue weighted by Crippen LogP contribution is 2.19. The number of nitrogens with one attached hydrogen (secondary N) is 2. The molecule has 1 aromatic carbocycles. The first kappa shape index (κ1) is 15.0. The molecule has 1 saturated heterocycles. The second-order valence-corrected chi connectivity index (χ2v) is 4.97. The lowest BCUT2D eigenvalue weighted by Crippen LogP contribution is -2.41. The molecule has 0 bridgehead atoms. The van der Waals surface area contributed by atoms with Crippen LogP contribution in [0.4, 0.5) is 5.69 Å². The number of hydrogen-bond acceptors (Lipinski definition) is 5. The van der Waals surface area contributed by atoms with Gasteiger partial charge in [-0.2, -0.15) is 0 Å². The zero-order valence-electron chi connectivity index (χ0n) is 11.2. The van der Waals surface area contributed by atoms with Gasteiger partial charge in [0.05, 0.1) is 19.3 Å². The maximum absolute atomic E-state index is 10.0. The lowest BCUT2D eigenvalue weighted by atomic mass is 10.1. The molecule has 0 amide bonds. The number of rotatable bonds is 4. The van der Waals surface area contributed by atoms with E-state index in [1.807, 2.05) is 24.3 Å². The van der Waals surface area contributed by atoms with Gasteiger partial charge in [0.25, 0.3) is 0 Å². The van der Waals surface area contributed by atoms with E-state index in [1.165, 1.54) is 0 Å². The van der Waals surface area contributed by atoms with Crippen LogP contribution in [-0.4, -0.2) is 43.1 Å². The lowest BCUT2D eigenvalue weighted by molar-refractivity contribution is 0.122. The Bertz CT molecular complexity index is 435. The Morgan fingerprint density at radius 2 is 2.00 bits per heavy atom. The van der Waals surface area contributed by atoms with E-state index in [-0.39, 0.29) is 0 Å². The first-order valence-electron chi connectivity index (χ1n) is 6.56. The van der Waals surface area contributed by atoms with Gasteiger partial charge in [-0.15, -0.1) is 0 Å². The number of morpholine rings is 1. The summed E-state index contributed by atoms with van der Waals surface area (Å²) in [7, 11) is 0. The van der Waals surface area contributed by atoms with Crippen molar-refractivity contribution in [2.45, 2.75) is 6.10 Å². The lowest BCUT2D eigenvalue weighted by Gasteiger charge is -2.29. The SMILES string of the molecule is NNC(=S)NCC(O)c1ccc(N2CCOCC2)cc1. The molecule has 0 spiro atoms. The van der Waals surface area contributed by atoms with E-state index in [4.69, 9.17) is 22.8 Å². The van der Waals surface area contributed by atoms with Gasteiger partial charge >= 0.3 is 0 Å². The molecule has 2 rings (SSSR count). The third-order valence-electron chi connectivity index (χ3n) is 3.24. The van der Waals surface area contributed by atoms with Crippen LogP contribution in [0.3, 0.4) is 0 Å². The third-order valence-corrected chi connectivity index (χ3v) is 3.50. The maximum atomic E-state index is 10.0. The normalized spacial score (nSPS) is 16.6. The Kier molecular flexibility index (Phi) is 5.54. The van der Waals surface area contributed by atoms with Crippen molar-refractivity contribution in [3.8, 4) is 0 Å². The van der Waals surface area contributed by atoms with Gasteiger partial charge in [-0.25, -0.2) is 5.84 Å². The van der Waals surface area contributed by atoms with E-state index < -0.39 is 6.10 Å². The fraction of sp³-hybridized carbons (Fsp3) is 0.462. The van der Waals surface area contributed by atoms with Gasteiger partial charge in [0.15, 0.2) is 5.11 Å². The first-order chi connectivity index (χ1) is 9.70. The summed E-state index contributed by atoms with van der Waals surface area (Å²) >= 11 is 4.85. The number of ether oxygens (including phenoxy) is 1. The van der Waals surface area contributed by atoms with Gasteiger partial charge in [-0.3, -0.25) is 0 Å². The summed E-state index contributed by atoms with van der Waals surface area (Å²) in [6.45, 7) is 3.65. The number of thiocarbonyl (C=S) groups is 1. The number of nitrogens with two attached hydrogens (primary N) is 1. The summed E-state index contributed by atoms with van der Waals surface area (Å²) in [6, 6.07) is 7.89. The van der Waals surface area contributed by atoms with Crippen LogP contribution < -0.4 is 21.5 Å². The maximum Gasteiger partial charge on any atom is 0.180 e. The smallest absolute Gasteiger partial charge is 0.180 e. The second kappa shape index (κ2) is 7.39. The molecule has 1 atom stereocenters. The van der Waals surface area contributed by atoms with E-state index in [9.17, 15) is 5.11 Å². The van der Waals surface area contributed by atoms with Gasteiger partial charge in [0.1, 0.15) is 0 Å². The molecule has 0 radical (unpaired) electrons. The molecule has 110 valence electrons. The minimum Gasteiger partial charge on any atom is -0.387 e. The first-order valence-corrected chi connectivity index (χ1v) is 6.96. The molecule has 1 aliphatic rings. The summed E-state index contributed by atoms with van der Waals surface area (Å²) in [5, 5.41) is 13.2. The Morgan fingerprint density at radius 1 is 1.35 bits per heavy atom. The molecule has 0 aromatic heterocycles. The van der Waals surface area contributed by atoms with Crippen LogP contribution in [0.2, 0.25) is 0 Å². The van der Waals surface area contributed by atoms with E-state index in [2.05, 4.69) is 15.6 Å². The Morgan fingerprint density at radius 3 is 2.60 bits per heavy atom. The molecule has 1 aromatic rings. The average molecular weight is 296 g/mol. The molecule has 0 aliphatic carbocycles. The minimum atomic E-state index is -0.625. The topological polar surface area (TPSA) is 82.8 Å². The van der Waals surface area contributed by atoms with Crippen molar-refractivity contribution < 1.29 is 9.84 Å². The highest BCUT2D eigenvalue weighted by Gasteiger charge is 2.12. The van der Waals surface area contributed by atoms with Crippen molar-refractivity contribution in [3.63, 3.8) is 0 Å². The van der Waals surface area contributed by atoms with E-state index in [0.29, 0.717) is 11.7 Å². The van der Waals surface area contributed by atoms with Crippen LogP contribution in [0.1, 0.15) is 11.7 Å². The number of nitrogens with zero attached hydrogens (tertiary/aromatic N) is 1. The predicted octanol–water partition coefficient (Wildman–Crippen LogP) is -0.106. The molecule has 20 heavy (non-hydrogen) atoms. The number of aliphatic hydroxyl groups excluding tert-OH is 1. The van der Waals surface area contributed by atoms with Gasteiger partial charge in [0.2, 0.25) is 0 Å². The third kappa shape index (κ3) is 4.04. The Hall–Kier alpha value is -1.41. The van der Waals surface area contributed by atoms with E-state index >= 15 is 0 Å². The second-order valence-electron chi connectivity index (χ2n) is 4.56. The average Bonchev–Trinajstić information content (AvgIpc) is 2.53. The quantitative estimate of drug-likeness (QED) is 0.351. The van der Waals surface area contributed by atoms with Crippen molar-refractivity contribution in [2.24, 2.45) is 5.84 Å². The highest BCUT2D eigenvalue weighted by molar-refractivity contribution is 7.80. The zero-order valence-corrected chi connectivity index (χ0v) is 12.0. The number of anilines is 1. The standard InChI is InChI=1S/C13H20N4O2S/c14-16-13(20)15-9-12(18)10-1-3-11(4-2-10)17-5-7-19-8-6-17/h1-4,12,18H,5-9,14H2,(H2,15,16,20). The van der Waals surface area contributed by atoms with Crippen molar-refractivity contribution in [1.82, 2.24) is 10.7 Å². The van der Waals surface area contributed by atoms with Crippen LogP contribution in [0.5, 0.6) is 0 Å². The van der Waals surface area contributed by atoms with Gasteiger partial charge < -0.3 is 25.5 Å². The predicted molar refractivity (Wildman–Crippen MR) is 82.4 cm³/mol. The largest absolute Gasteiger partial charge is 0.387 e. The molecule has 1 fully saturated rings. The summed E-state index contributed by atoms with van der Waals surface area (Å²) < 4.78 is 5.33. The van der Waals surface area contributed by atoms with Crippen LogP contribution >= 0.6 is 12.2 Å². The summed E-state index contributed by atoms with van der Waals surface area (Å²) in [5.74, 6) is 5.15. The summed E-state index contributed by atoms with van der Waals surface area (Å²) in [5.41, 5.74) is 4.31. The fourth-order valence-corrected chi connectivity index (χ4v) is 2.17. The molecule has 7 heteroatoms. The number of benzene rings is 1.